The summed E-state index contributed by atoms with van der Waals surface area (Å²) in [6.45, 7) is 0. The second-order valence-corrected chi connectivity index (χ2v) is 37.9. The molecule has 8 heterocycles. The van der Waals surface area contributed by atoms with Gasteiger partial charge in [0.25, 0.3) is 0 Å². The van der Waals surface area contributed by atoms with Crippen LogP contribution in [0.2, 0.25) is 0 Å². The molecule has 0 unspecified atom stereocenters. The van der Waals surface area contributed by atoms with E-state index in [1.54, 1.807) is 0 Å². The maximum absolute atomic E-state index is 5.62. The van der Waals surface area contributed by atoms with Crippen LogP contribution < -0.4 is 0 Å². The molecule has 31 rings (SSSR count). The van der Waals surface area contributed by atoms with Crippen molar-refractivity contribution in [3.05, 3.63) is 467 Å². The number of benzene rings is 23. The molecule has 23 aromatic carbocycles. The van der Waals surface area contributed by atoms with Gasteiger partial charge in [0.1, 0.15) is 0 Å². The lowest BCUT2D eigenvalue weighted by Gasteiger charge is -2.17. The Balaban J connectivity index is 0.000000132. The summed E-state index contributed by atoms with van der Waals surface area (Å²) in [5, 5.41) is 31.0. The van der Waals surface area contributed by atoms with Crippen molar-refractivity contribution >= 4 is 227 Å². The van der Waals surface area contributed by atoms with Crippen LogP contribution in [0.1, 0.15) is 0 Å². The first-order chi connectivity index (χ1) is 69.5. The summed E-state index contributed by atoms with van der Waals surface area (Å²) in [6.07, 6.45) is 0. The van der Waals surface area contributed by atoms with Crippen molar-refractivity contribution in [2.45, 2.75) is 0 Å². The smallest absolute Gasteiger partial charge is 0.161 e. The van der Waals surface area contributed by atoms with Gasteiger partial charge in [0.05, 0.1) is 100 Å². The van der Waals surface area contributed by atoms with Crippen LogP contribution >= 0.6 is 11.3 Å². The van der Waals surface area contributed by atoms with Gasteiger partial charge in [-0.05, 0) is 154 Å². The van der Waals surface area contributed by atoms with Crippen LogP contribution in [0.5, 0.6) is 0 Å². The zero-order valence-electron chi connectivity index (χ0n) is 75.4. The molecule has 8 aromatic heterocycles. The number of aromatic nitrogens is 9. The number of hydrogen-bond acceptors (Lipinski definition) is 5. The fraction of sp³-hybridized carbons (Fsp3) is 0. The van der Waals surface area contributed by atoms with Gasteiger partial charge in [-0.1, -0.05) is 346 Å². The lowest BCUT2D eigenvalue weighted by Crippen LogP contribution is -1.99. The fourth-order valence-corrected chi connectivity index (χ4v) is 24.7. The average Bonchev–Trinajstić information content (AvgIpc) is 1.52. The van der Waals surface area contributed by atoms with Gasteiger partial charge in [-0.2, -0.15) is 0 Å². The first kappa shape index (κ1) is 77.9. The molecule has 0 fully saturated rings. The van der Waals surface area contributed by atoms with E-state index in [4.69, 9.17) is 19.9 Å². The lowest BCUT2D eigenvalue weighted by atomic mass is 9.97. The number of hydrogen-bond donors (Lipinski definition) is 0. The molecule has 648 valence electrons. The highest BCUT2D eigenvalue weighted by molar-refractivity contribution is 7.26. The Bertz CT molecular complexity index is 10800. The van der Waals surface area contributed by atoms with Gasteiger partial charge in [0.15, 0.2) is 11.6 Å². The van der Waals surface area contributed by atoms with Crippen molar-refractivity contribution in [1.29, 1.82) is 0 Å². The molecule has 0 aliphatic heterocycles. The van der Waals surface area contributed by atoms with Crippen molar-refractivity contribution in [2.75, 3.05) is 0 Å². The third-order valence-corrected chi connectivity index (χ3v) is 30.6. The predicted octanol–water partition coefficient (Wildman–Crippen LogP) is 34.7. The van der Waals surface area contributed by atoms with Gasteiger partial charge >= 0.3 is 0 Å². The summed E-state index contributed by atoms with van der Waals surface area (Å²) >= 11 is 1.82. The minimum absolute atomic E-state index is 0.699. The van der Waals surface area contributed by atoms with Crippen molar-refractivity contribution < 1.29 is 0 Å². The second kappa shape index (κ2) is 30.5. The summed E-state index contributed by atoms with van der Waals surface area (Å²) in [5.41, 5.74) is 25.3. The molecule has 0 atom stereocenters. The van der Waals surface area contributed by atoms with Crippen LogP contribution in [-0.4, -0.2) is 42.8 Å². The third kappa shape index (κ3) is 11.5. The maximum Gasteiger partial charge on any atom is 0.161 e. The van der Waals surface area contributed by atoms with Gasteiger partial charge in [0.2, 0.25) is 0 Å². The van der Waals surface area contributed by atoms with E-state index >= 15 is 0 Å². The molecule has 140 heavy (non-hydrogen) atoms. The molecule has 0 aliphatic carbocycles. The Morgan fingerprint density at radius 1 is 0.164 bits per heavy atom. The molecule has 0 spiro atoms. The van der Waals surface area contributed by atoms with E-state index in [9.17, 15) is 0 Å². The third-order valence-electron chi connectivity index (χ3n) is 29.5. The van der Waals surface area contributed by atoms with Crippen molar-refractivity contribution in [3.63, 3.8) is 0 Å². The fourth-order valence-electron chi connectivity index (χ4n) is 23.5. The first-order valence-corrected chi connectivity index (χ1v) is 48.6. The molecular weight excluding hydrogens is 1720 g/mol. The number of fused-ring (bicyclic) bond motifs is 28. The summed E-state index contributed by atoms with van der Waals surface area (Å²) in [6, 6.07) is 170. The minimum Gasteiger partial charge on any atom is -0.309 e. The molecule has 10 heteroatoms. The normalized spacial score (nSPS) is 12.1. The minimum atomic E-state index is 0.699. The zero-order chi connectivity index (χ0) is 91.5. The van der Waals surface area contributed by atoms with Gasteiger partial charge in [0, 0.05) is 145 Å². The van der Waals surface area contributed by atoms with Gasteiger partial charge in [-0.3, -0.25) is 0 Å². The summed E-state index contributed by atoms with van der Waals surface area (Å²) < 4.78 is 14.8. The highest BCUT2D eigenvalue weighted by atomic mass is 32.1. The lowest BCUT2D eigenvalue weighted by molar-refractivity contribution is 1.18. The zero-order valence-corrected chi connectivity index (χ0v) is 76.2. The molecule has 31 aromatic rings. The second-order valence-electron chi connectivity index (χ2n) is 36.9. The molecule has 0 aliphatic rings. The molecule has 0 bridgehead atoms. The summed E-state index contributed by atoms with van der Waals surface area (Å²) in [7, 11) is 0. The van der Waals surface area contributed by atoms with Crippen molar-refractivity contribution in [2.24, 2.45) is 0 Å². The van der Waals surface area contributed by atoms with E-state index in [1.165, 1.54) is 139 Å². The SMILES string of the molecule is c1cc(-n2c3ccccc3c3ccc4ccccc4c32)c2cc3c(cc2c1)c1ccccc1n3-c1cccc2c(-c3nc(-c4cccc5sc6ccccc6c45)nc4ccccc34)cccc12.c1ccc(-n2c3ccccc3c3c(-c4nc(-c5ccc(-n6c7ccccc7c7cc8cccc(-n9c%10ccccc%10c%10ccc%11ccccc%11c%109)c8cc76)c6ccccc56)c5ccccc5n4)cccc32)cc1. The monoisotopic (exact) mass is 1800 g/mol. The van der Waals surface area contributed by atoms with Gasteiger partial charge in [-0.15, -0.1) is 11.3 Å². The van der Waals surface area contributed by atoms with E-state index in [1.807, 2.05) is 11.3 Å². The van der Waals surface area contributed by atoms with Crippen molar-refractivity contribution in [3.8, 4) is 73.7 Å². The van der Waals surface area contributed by atoms with E-state index in [0.29, 0.717) is 5.82 Å². The Morgan fingerprint density at radius 2 is 0.521 bits per heavy atom. The summed E-state index contributed by atoms with van der Waals surface area (Å²) in [5.74, 6) is 1.43. The molecule has 0 amide bonds. The Labute approximate surface area is 804 Å². The Hall–Kier alpha value is -18.5. The van der Waals surface area contributed by atoms with Crippen LogP contribution in [0.15, 0.2) is 467 Å². The van der Waals surface area contributed by atoms with E-state index in [0.717, 1.165) is 144 Å². The van der Waals surface area contributed by atoms with Crippen molar-refractivity contribution in [1.82, 2.24) is 42.8 Å². The largest absolute Gasteiger partial charge is 0.309 e. The first-order valence-electron chi connectivity index (χ1n) is 47.8. The number of para-hydroxylation sites is 8. The molecule has 0 saturated carbocycles. The van der Waals surface area contributed by atoms with E-state index in [2.05, 4.69) is 490 Å². The average molecular weight is 1800 g/mol. The Morgan fingerprint density at radius 3 is 1.08 bits per heavy atom. The highest BCUT2D eigenvalue weighted by Crippen LogP contribution is 2.50. The van der Waals surface area contributed by atoms with Gasteiger partial charge in [-0.25, -0.2) is 19.9 Å². The molecule has 9 nitrogen and oxygen atoms in total. The van der Waals surface area contributed by atoms with Gasteiger partial charge < -0.3 is 22.8 Å². The Kier molecular flexibility index (Phi) is 17.0. The van der Waals surface area contributed by atoms with Crippen LogP contribution in [0.4, 0.5) is 0 Å². The highest BCUT2D eigenvalue weighted by Gasteiger charge is 2.28. The topological polar surface area (TPSA) is 76.2 Å². The molecular formula is C130H77N9S. The standard InChI is InChI=1S/C68H41N5.C62H36N4S/c1-2-20-44(21-3-1)71-60-33-15-11-28-53(60)65-54(29-17-35-63(65)71)68-69-57-30-12-8-27-52(57)66(70-68)50-38-39-62(47-24-7-6-23-46(47)50)72-58-31-13-10-26-49(58)56-40-43-19-16-34-61(55(43)41-64(56)72)73-59-32-14-9-25-48(59)51-37-36-42-18-4-5-22-45(42)67(51)73;1-2-17-39-37(15-1)33-34-45-42-18-4-9-28-54(42)66(61(39)45)55-29-11-16-38-35-50-43-19-5-8-27-52(43)65(56(50)36-49(38)55)53-30-13-22-40-41(53)23-12-24-44(40)60-46-20-3-7-26-51(46)63-62(64-60)48-25-14-32-58-59(48)47-21-6-10-31-57(47)67-58/h1-41H;1-36H. The van der Waals surface area contributed by atoms with Crippen LogP contribution in [-0.2, 0) is 0 Å². The molecule has 0 radical (unpaired) electrons. The van der Waals surface area contributed by atoms with E-state index < -0.39 is 0 Å². The van der Waals surface area contributed by atoms with Crippen LogP contribution in [0.3, 0.4) is 0 Å². The number of rotatable bonds is 9. The molecule has 0 N–H and O–H groups in total. The predicted molar refractivity (Wildman–Crippen MR) is 590 cm³/mol. The van der Waals surface area contributed by atoms with E-state index in [-0.39, 0.29) is 0 Å². The quantitative estimate of drug-likeness (QED) is 0.144. The van der Waals surface area contributed by atoms with Crippen LogP contribution in [0, 0.1) is 0 Å². The summed E-state index contributed by atoms with van der Waals surface area (Å²) in [4.78, 5) is 21.8. The van der Waals surface area contributed by atoms with Crippen LogP contribution in [0.25, 0.3) is 289 Å². The number of thiophene rings is 1. The maximum atomic E-state index is 5.62. The number of nitrogens with zero attached hydrogens (tertiary/aromatic N) is 9. The molecule has 0 saturated heterocycles.